The smallest absolute Gasteiger partial charge is 0.0948 e. The highest BCUT2D eigenvalue weighted by Gasteiger charge is 2.34. The monoisotopic (exact) mass is 222 g/mol. The van der Waals surface area contributed by atoms with Gasteiger partial charge in [-0.3, -0.25) is 4.90 Å². The molecule has 1 fully saturated rings. The van der Waals surface area contributed by atoms with E-state index in [1.54, 1.807) is 0 Å². The van der Waals surface area contributed by atoms with E-state index >= 15 is 0 Å². The molecule has 4 nitrogen and oxygen atoms in total. The van der Waals surface area contributed by atoms with Crippen molar-refractivity contribution in [2.75, 3.05) is 13.1 Å². The van der Waals surface area contributed by atoms with Crippen molar-refractivity contribution < 1.29 is 0 Å². The third-order valence-electron chi connectivity index (χ3n) is 3.45. The maximum atomic E-state index is 6.23. The summed E-state index contributed by atoms with van der Waals surface area (Å²) in [7, 11) is 0. The van der Waals surface area contributed by atoms with Crippen molar-refractivity contribution in [3.05, 3.63) is 18.2 Å². The van der Waals surface area contributed by atoms with Crippen LogP contribution in [0.15, 0.2) is 12.5 Å². The Bertz CT molecular complexity index is 332. The van der Waals surface area contributed by atoms with Crippen LogP contribution in [0.25, 0.3) is 0 Å². The van der Waals surface area contributed by atoms with Crippen molar-refractivity contribution in [2.24, 2.45) is 5.73 Å². The molecule has 0 unspecified atom stereocenters. The van der Waals surface area contributed by atoms with Gasteiger partial charge in [0, 0.05) is 25.3 Å². The molecule has 0 radical (unpaired) electrons. The molecular weight excluding hydrogens is 200 g/mol. The van der Waals surface area contributed by atoms with Crippen molar-refractivity contribution in [1.82, 2.24) is 14.5 Å². The summed E-state index contributed by atoms with van der Waals surface area (Å²) in [6.45, 7) is 7.59. The molecule has 16 heavy (non-hydrogen) atoms. The molecule has 1 aromatic rings. The number of rotatable bonds is 4. The summed E-state index contributed by atoms with van der Waals surface area (Å²) in [5.74, 6) is 0. The fraction of sp³-hybridized carbons (Fsp3) is 0.750. The Hall–Kier alpha value is -0.870. The predicted octanol–water partition coefficient (Wildman–Crippen LogP) is 1.39. The lowest BCUT2D eigenvalue weighted by molar-refractivity contribution is 0.239. The lowest BCUT2D eigenvalue weighted by Crippen LogP contribution is -2.33. The Balaban J connectivity index is 2.22. The fourth-order valence-electron chi connectivity index (χ4n) is 2.67. The Kier molecular flexibility index (Phi) is 3.61. The largest absolute Gasteiger partial charge is 0.333 e. The molecule has 0 spiro atoms. The highest BCUT2D eigenvalue weighted by molar-refractivity contribution is 5.11. The van der Waals surface area contributed by atoms with E-state index in [9.17, 15) is 0 Å². The number of hydrogen-bond donors (Lipinski definition) is 1. The number of likely N-dealkylation sites (tertiary alicyclic amines) is 1. The number of hydrogen-bond acceptors (Lipinski definition) is 3. The second-order valence-electron chi connectivity index (χ2n) is 4.54. The van der Waals surface area contributed by atoms with Crippen LogP contribution in [0.2, 0.25) is 0 Å². The van der Waals surface area contributed by atoms with Crippen molar-refractivity contribution in [2.45, 2.75) is 45.3 Å². The van der Waals surface area contributed by atoms with E-state index in [1.165, 1.54) is 12.1 Å². The third kappa shape index (κ3) is 1.99. The van der Waals surface area contributed by atoms with Gasteiger partial charge in [0.05, 0.1) is 18.1 Å². The molecule has 0 aromatic carbocycles. The summed E-state index contributed by atoms with van der Waals surface area (Å²) in [6, 6.07) is 0.621. The molecule has 0 bridgehead atoms. The van der Waals surface area contributed by atoms with Gasteiger partial charge in [-0.05, 0) is 26.3 Å². The first-order valence-electron chi connectivity index (χ1n) is 6.27. The molecule has 2 N–H and O–H groups in total. The van der Waals surface area contributed by atoms with E-state index in [4.69, 9.17) is 5.73 Å². The van der Waals surface area contributed by atoms with E-state index in [-0.39, 0.29) is 6.04 Å². The van der Waals surface area contributed by atoms with Gasteiger partial charge in [0.2, 0.25) is 0 Å². The van der Waals surface area contributed by atoms with Gasteiger partial charge in [0.25, 0.3) is 0 Å². The lowest BCUT2D eigenvalue weighted by atomic mass is 10.1. The van der Waals surface area contributed by atoms with Crippen molar-refractivity contribution >= 4 is 0 Å². The standard InChI is InChI=1S/C12H22N4/c1-3-6-16-7-5-10(13)12(16)11-8-14-9-15(11)4-2/h8-10,12H,3-7,13H2,1-2H3/t10-,12-/m0/s1. The van der Waals surface area contributed by atoms with Gasteiger partial charge in [-0.15, -0.1) is 0 Å². The van der Waals surface area contributed by atoms with Crippen LogP contribution in [-0.4, -0.2) is 33.6 Å². The Morgan fingerprint density at radius 3 is 3.00 bits per heavy atom. The van der Waals surface area contributed by atoms with Crippen LogP contribution in [0.3, 0.4) is 0 Å². The van der Waals surface area contributed by atoms with Crippen LogP contribution in [0.5, 0.6) is 0 Å². The van der Waals surface area contributed by atoms with Crippen molar-refractivity contribution in [3.63, 3.8) is 0 Å². The van der Waals surface area contributed by atoms with Crippen LogP contribution in [-0.2, 0) is 6.54 Å². The van der Waals surface area contributed by atoms with Gasteiger partial charge in [0.15, 0.2) is 0 Å². The molecule has 2 heterocycles. The topological polar surface area (TPSA) is 47.1 Å². The zero-order valence-corrected chi connectivity index (χ0v) is 10.3. The molecule has 1 saturated heterocycles. The van der Waals surface area contributed by atoms with E-state index in [0.29, 0.717) is 6.04 Å². The van der Waals surface area contributed by atoms with Crippen LogP contribution in [0.4, 0.5) is 0 Å². The minimum atomic E-state index is 0.258. The maximum Gasteiger partial charge on any atom is 0.0948 e. The summed E-state index contributed by atoms with van der Waals surface area (Å²) >= 11 is 0. The Morgan fingerprint density at radius 1 is 1.50 bits per heavy atom. The van der Waals surface area contributed by atoms with Crippen molar-refractivity contribution in [3.8, 4) is 0 Å². The van der Waals surface area contributed by atoms with Gasteiger partial charge in [-0.2, -0.15) is 0 Å². The minimum Gasteiger partial charge on any atom is -0.333 e. The molecule has 1 aliphatic rings. The van der Waals surface area contributed by atoms with Gasteiger partial charge >= 0.3 is 0 Å². The molecular formula is C12H22N4. The van der Waals surface area contributed by atoms with Gasteiger partial charge in [0.1, 0.15) is 0 Å². The average Bonchev–Trinajstić information content (AvgIpc) is 2.85. The molecule has 1 aromatic heterocycles. The first-order valence-corrected chi connectivity index (χ1v) is 6.27. The molecule has 4 heteroatoms. The first-order chi connectivity index (χ1) is 7.77. The van der Waals surface area contributed by atoms with E-state index in [1.807, 2.05) is 12.5 Å². The summed E-state index contributed by atoms with van der Waals surface area (Å²) in [6.07, 6.45) is 6.16. The molecule has 2 rings (SSSR count). The van der Waals surface area contributed by atoms with Crippen LogP contribution >= 0.6 is 0 Å². The third-order valence-corrected chi connectivity index (χ3v) is 3.45. The quantitative estimate of drug-likeness (QED) is 0.837. The van der Waals surface area contributed by atoms with Crippen LogP contribution in [0, 0.1) is 0 Å². The minimum absolute atomic E-state index is 0.258. The fourth-order valence-corrected chi connectivity index (χ4v) is 2.67. The zero-order chi connectivity index (χ0) is 11.5. The summed E-state index contributed by atoms with van der Waals surface area (Å²) in [5, 5.41) is 0. The molecule has 0 saturated carbocycles. The molecule has 2 atom stereocenters. The van der Waals surface area contributed by atoms with E-state index < -0.39 is 0 Å². The summed E-state index contributed by atoms with van der Waals surface area (Å²) < 4.78 is 2.21. The maximum absolute atomic E-state index is 6.23. The van der Waals surface area contributed by atoms with E-state index in [0.717, 1.165) is 26.1 Å². The Morgan fingerprint density at radius 2 is 2.31 bits per heavy atom. The molecule has 0 amide bonds. The molecule has 0 aliphatic carbocycles. The summed E-state index contributed by atoms with van der Waals surface area (Å²) in [4.78, 5) is 6.74. The van der Waals surface area contributed by atoms with Crippen LogP contribution in [0.1, 0.15) is 38.4 Å². The first kappa shape index (κ1) is 11.6. The SMILES string of the molecule is CCCN1CC[C@H](N)[C@H]1c1cncn1CC. The molecule has 1 aliphatic heterocycles. The second kappa shape index (κ2) is 4.97. The Labute approximate surface area is 97.4 Å². The normalized spacial score (nSPS) is 26.4. The second-order valence-corrected chi connectivity index (χ2v) is 4.54. The molecule has 90 valence electrons. The number of nitrogens with two attached hydrogens (primary N) is 1. The number of imidazole rings is 1. The summed E-state index contributed by atoms with van der Waals surface area (Å²) in [5.41, 5.74) is 7.51. The highest BCUT2D eigenvalue weighted by atomic mass is 15.2. The van der Waals surface area contributed by atoms with Gasteiger partial charge < -0.3 is 10.3 Å². The van der Waals surface area contributed by atoms with Gasteiger partial charge in [-0.1, -0.05) is 6.92 Å². The number of nitrogens with zero attached hydrogens (tertiary/aromatic N) is 3. The average molecular weight is 222 g/mol. The van der Waals surface area contributed by atoms with Crippen LogP contribution < -0.4 is 5.73 Å². The number of aromatic nitrogens is 2. The highest BCUT2D eigenvalue weighted by Crippen LogP contribution is 2.30. The zero-order valence-electron chi connectivity index (χ0n) is 10.3. The predicted molar refractivity (Wildman–Crippen MR) is 65.1 cm³/mol. The number of aryl methyl sites for hydroxylation is 1. The van der Waals surface area contributed by atoms with Gasteiger partial charge in [-0.25, -0.2) is 4.98 Å². The lowest BCUT2D eigenvalue weighted by Gasteiger charge is -2.26. The van der Waals surface area contributed by atoms with E-state index in [2.05, 4.69) is 28.3 Å². The van der Waals surface area contributed by atoms with Crippen molar-refractivity contribution in [1.29, 1.82) is 0 Å².